The van der Waals surface area contributed by atoms with Crippen LogP contribution in [-0.2, 0) is 7.05 Å². The van der Waals surface area contributed by atoms with Gasteiger partial charge >= 0.3 is 0 Å². The Hall–Kier alpha value is -5.21. The largest absolute Gasteiger partial charge is 0.375 e. The highest BCUT2D eigenvalue weighted by molar-refractivity contribution is 6.33. The summed E-state index contributed by atoms with van der Waals surface area (Å²) in [6.45, 7) is 19.4. The van der Waals surface area contributed by atoms with Crippen LogP contribution in [0.15, 0.2) is 78.9 Å². The number of rotatable bonds is 8. The van der Waals surface area contributed by atoms with E-state index < -0.39 is 12.0 Å². The highest BCUT2D eigenvalue weighted by atomic mass is 35.5. The van der Waals surface area contributed by atoms with E-state index in [0.717, 1.165) is 154 Å². The number of nitrogens with one attached hydrogen (secondary N) is 3. The van der Waals surface area contributed by atoms with Gasteiger partial charge in [-0.2, -0.15) is 10.1 Å². The van der Waals surface area contributed by atoms with Crippen LogP contribution in [0.25, 0.3) is 16.6 Å². The van der Waals surface area contributed by atoms with Gasteiger partial charge in [0.1, 0.15) is 10.5 Å². The SMILES string of the molecule is C=C1CCC(c2nn(C)c3c(F)c(N4CCC(CN5CCC6(CC5)CCN(c5ncc(Cl)c(Nc7ccc8c(c7)C7=C(CCC(F)(F)C(C9CC9)N7)C(=C)N8C)n5)CC6)CC4)ccc23)C(=C)N1. The molecule has 0 bridgehead atoms. The second-order valence-corrected chi connectivity index (χ2v) is 21.1. The first kappa shape index (κ1) is 44.3. The maximum Gasteiger partial charge on any atom is 0.268 e. The Morgan fingerprint density at radius 1 is 0.866 bits per heavy atom. The van der Waals surface area contributed by atoms with Gasteiger partial charge < -0.3 is 35.6 Å². The molecule has 354 valence electrons. The minimum absolute atomic E-state index is 0.0188. The van der Waals surface area contributed by atoms with E-state index in [1.807, 2.05) is 43.3 Å². The second kappa shape index (κ2) is 17.1. The molecule has 2 aromatic heterocycles. The van der Waals surface area contributed by atoms with Gasteiger partial charge in [-0.1, -0.05) is 31.3 Å². The number of hydrogen-bond acceptors (Lipinski definition) is 10. The molecule has 0 amide bonds. The molecule has 2 atom stereocenters. The van der Waals surface area contributed by atoms with Crippen LogP contribution in [-0.4, -0.2) is 89.5 Å². The number of likely N-dealkylation sites (N-methyl/N-ethyl adjacent to an activating group) is 1. The zero-order valence-electron chi connectivity index (χ0n) is 38.9. The van der Waals surface area contributed by atoms with Crippen molar-refractivity contribution in [3.8, 4) is 0 Å². The fourth-order valence-corrected chi connectivity index (χ4v) is 12.3. The third-order valence-electron chi connectivity index (χ3n) is 16.5. The first-order chi connectivity index (χ1) is 32.2. The van der Waals surface area contributed by atoms with Gasteiger partial charge in [-0.25, -0.2) is 18.2 Å². The number of likely N-dealkylation sites (tertiary alicyclic amines) is 1. The summed E-state index contributed by atoms with van der Waals surface area (Å²) in [4.78, 5) is 18.8. The van der Waals surface area contributed by atoms with Crippen LogP contribution in [0.1, 0.15) is 94.2 Å². The Kier molecular flexibility index (Phi) is 11.3. The first-order valence-corrected chi connectivity index (χ1v) is 24.9. The minimum Gasteiger partial charge on any atom is -0.375 e. The molecular weight excluding hydrogens is 871 g/mol. The summed E-state index contributed by atoms with van der Waals surface area (Å²) in [5.41, 5.74) is 9.21. The third-order valence-corrected chi connectivity index (χ3v) is 16.8. The number of halogens is 4. The average molecular weight is 935 g/mol. The summed E-state index contributed by atoms with van der Waals surface area (Å²) in [6.07, 6.45) is 11.8. The summed E-state index contributed by atoms with van der Waals surface area (Å²) in [5, 5.41) is 16.2. The maximum absolute atomic E-state index is 16.3. The van der Waals surface area contributed by atoms with E-state index in [2.05, 4.69) is 61.4 Å². The molecule has 67 heavy (non-hydrogen) atoms. The lowest BCUT2D eigenvalue weighted by atomic mass is 9.71. The first-order valence-electron chi connectivity index (χ1n) is 24.5. The molecule has 2 unspecified atom stereocenters. The van der Waals surface area contributed by atoms with Crippen LogP contribution >= 0.6 is 11.6 Å². The lowest BCUT2D eigenvalue weighted by molar-refractivity contribution is -0.0441. The Morgan fingerprint density at radius 2 is 1.60 bits per heavy atom. The van der Waals surface area contributed by atoms with E-state index in [0.29, 0.717) is 39.3 Å². The molecule has 8 heterocycles. The zero-order chi connectivity index (χ0) is 46.4. The molecule has 6 aliphatic heterocycles. The molecular formula is C52H63ClF3N11. The van der Waals surface area contributed by atoms with Crippen molar-refractivity contribution in [2.45, 2.75) is 94.9 Å². The van der Waals surface area contributed by atoms with Crippen LogP contribution in [0.2, 0.25) is 5.02 Å². The predicted molar refractivity (Wildman–Crippen MR) is 264 cm³/mol. The topological polar surface area (TPSA) is 92.7 Å². The number of nitrogens with zero attached hydrogens (tertiary/aromatic N) is 8. The second-order valence-electron chi connectivity index (χ2n) is 20.7. The Morgan fingerprint density at radius 3 is 2.33 bits per heavy atom. The highest BCUT2D eigenvalue weighted by Gasteiger charge is 2.51. The number of allylic oxidation sites excluding steroid dienone is 3. The number of alkyl halides is 2. The molecule has 15 heteroatoms. The summed E-state index contributed by atoms with van der Waals surface area (Å²) < 4.78 is 48.8. The Bertz CT molecular complexity index is 2660. The molecule has 1 saturated carbocycles. The van der Waals surface area contributed by atoms with Gasteiger partial charge in [-0.15, -0.1) is 0 Å². The molecule has 11 nitrogen and oxygen atoms in total. The average Bonchev–Trinajstić information content (AvgIpc) is 4.12. The molecule has 4 saturated heterocycles. The van der Waals surface area contributed by atoms with Gasteiger partial charge in [0, 0.05) is 98.6 Å². The standard InChI is InChI=1S/C52H63ClF3N11/c1-31-6-10-37(32(2)58-31)46-39-11-13-43(44(54)47(39)64(5)62-46)66-22-15-34(16-23-66)30-65-24-18-51(19-25-65)20-26-67(27-21-51)50-57-29-41(53)49(61-50)59-36-9-12-42-40(28-36)45-38(33(3)63(42)4)14-17-52(55,56)48(60-45)35-7-8-35/h9,11-13,28-29,34-35,37,48,58,60H,1-3,6-8,10,14-27,30H2,4-5H3,(H,57,59,61). The van der Waals surface area contributed by atoms with Gasteiger partial charge in [-0.05, 0) is 137 Å². The highest BCUT2D eigenvalue weighted by Crippen LogP contribution is 2.50. The van der Waals surface area contributed by atoms with Gasteiger partial charge in [0.15, 0.2) is 11.6 Å². The molecule has 7 aliphatic rings. The number of aryl methyl sites for hydroxylation is 1. The third kappa shape index (κ3) is 8.23. The molecule has 11 rings (SSSR count). The fraction of sp³-hybridized carbons (Fsp3) is 0.519. The van der Waals surface area contributed by atoms with Crippen LogP contribution in [0, 0.1) is 23.1 Å². The number of benzene rings is 2. The predicted octanol–water partition coefficient (Wildman–Crippen LogP) is 10.5. The summed E-state index contributed by atoms with van der Waals surface area (Å²) in [7, 11) is 3.79. The molecule has 0 radical (unpaired) electrons. The number of hydrogen-bond donors (Lipinski definition) is 3. The number of anilines is 5. The smallest absolute Gasteiger partial charge is 0.268 e. The van der Waals surface area contributed by atoms with Gasteiger partial charge in [0.25, 0.3) is 5.92 Å². The normalized spacial score (nSPS) is 24.7. The monoisotopic (exact) mass is 933 g/mol. The van der Waals surface area contributed by atoms with Crippen LogP contribution in [0.5, 0.6) is 0 Å². The molecule has 3 N–H and O–H groups in total. The van der Waals surface area contributed by atoms with E-state index in [1.165, 1.54) is 12.8 Å². The Labute approximate surface area is 397 Å². The van der Waals surface area contributed by atoms with Crippen LogP contribution in [0.3, 0.4) is 0 Å². The van der Waals surface area contributed by atoms with Crippen molar-refractivity contribution in [3.05, 3.63) is 101 Å². The summed E-state index contributed by atoms with van der Waals surface area (Å²) in [5.74, 6) is -1.18. The van der Waals surface area contributed by atoms with E-state index in [9.17, 15) is 0 Å². The van der Waals surface area contributed by atoms with Crippen LogP contribution < -0.4 is 30.7 Å². The maximum atomic E-state index is 16.3. The van der Waals surface area contributed by atoms with Crippen LogP contribution in [0.4, 0.5) is 42.0 Å². The molecule has 1 aliphatic carbocycles. The van der Waals surface area contributed by atoms with E-state index >= 15 is 13.2 Å². The molecule has 4 aromatic rings. The molecule has 1 spiro atoms. The summed E-state index contributed by atoms with van der Waals surface area (Å²) in [6, 6.07) is 9.12. The Balaban J connectivity index is 0.683. The van der Waals surface area contributed by atoms with Crippen molar-refractivity contribution in [3.63, 3.8) is 0 Å². The van der Waals surface area contributed by atoms with E-state index in [1.54, 1.807) is 10.9 Å². The number of piperidine rings is 4. The van der Waals surface area contributed by atoms with Crippen molar-refractivity contribution >= 4 is 57.0 Å². The fourth-order valence-electron chi connectivity index (χ4n) is 12.2. The van der Waals surface area contributed by atoms with Gasteiger partial charge in [0.05, 0.1) is 29.3 Å². The number of aromatic nitrogens is 4. The van der Waals surface area contributed by atoms with Crippen molar-refractivity contribution in [1.29, 1.82) is 0 Å². The molecule has 5 fully saturated rings. The van der Waals surface area contributed by atoms with E-state index in [4.69, 9.17) is 21.7 Å². The zero-order valence-corrected chi connectivity index (χ0v) is 39.7. The van der Waals surface area contributed by atoms with Gasteiger partial charge in [-0.3, -0.25) is 4.68 Å². The molecule has 2 aromatic carbocycles. The quantitative estimate of drug-likeness (QED) is 0.159. The van der Waals surface area contributed by atoms with Crippen molar-refractivity contribution in [1.82, 2.24) is 35.3 Å². The number of fused-ring (bicyclic) bond motifs is 3. The lowest BCUT2D eigenvalue weighted by Crippen LogP contribution is -2.48. The minimum atomic E-state index is -2.79. The lowest BCUT2D eigenvalue weighted by Gasteiger charge is -2.47. The van der Waals surface area contributed by atoms with Crippen molar-refractivity contribution < 1.29 is 13.2 Å². The summed E-state index contributed by atoms with van der Waals surface area (Å²) >= 11 is 6.73. The van der Waals surface area contributed by atoms with Gasteiger partial charge in [0.2, 0.25) is 5.95 Å². The van der Waals surface area contributed by atoms with Crippen molar-refractivity contribution in [2.24, 2.45) is 24.3 Å². The van der Waals surface area contributed by atoms with E-state index in [-0.39, 0.29) is 30.5 Å². The van der Waals surface area contributed by atoms with Crippen molar-refractivity contribution in [2.75, 3.05) is 72.9 Å².